The summed E-state index contributed by atoms with van der Waals surface area (Å²) in [5.41, 5.74) is 3.31. The van der Waals surface area contributed by atoms with Gasteiger partial charge in [0.25, 0.3) is 5.91 Å². The summed E-state index contributed by atoms with van der Waals surface area (Å²) in [7, 11) is 0. The van der Waals surface area contributed by atoms with Gasteiger partial charge < -0.3 is 9.64 Å². The van der Waals surface area contributed by atoms with Gasteiger partial charge in [0.05, 0.1) is 11.4 Å². The van der Waals surface area contributed by atoms with E-state index in [2.05, 4.69) is 10.2 Å². The fourth-order valence-corrected chi connectivity index (χ4v) is 3.49. The van der Waals surface area contributed by atoms with E-state index in [0.29, 0.717) is 12.2 Å². The van der Waals surface area contributed by atoms with Crippen LogP contribution in [0.3, 0.4) is 0 Å². The van der Waals surface area contributed by atoms with Gasteiger partial charge in [0.15, 0.2) is 11.8 Å². The Labute approximate surface area is 168 Å². The number of aryl methyl sites for hydroxylation is 2. The van der Waals surface area contributed by atoms with Crippen LogP contribution < -0.4 is 4.90 Å². The predicted octanol–water partition coefficient (Wildman–Crippen LogP) is 3.10. The van der Waals surface area contributed by atoms with Crippen LogP contribution in [0.25, 0.3) is 5.69 Å². The summed E-state index contributed by atoms with van der Waals surface area (Å²) < 4.78 is 5.45. The van der Waals surface area contributed by atoms with Crippen molar-refractivity contribution >= 4 is 17.6 Å². The molecule has 0 spiro atoms. The van der Waals surface area contributed by atoms with E-state index in [-0.39, 0.29) is 11.6 Å². The molecule has 0 radical (unpaired) electrons. The molecule has 0 aliphatic carbocycles. The SMILES string of the molecule is Cc1nn(-c2ccccc2)nc1C(=O)OC(C)C(=O)N1CCCc2ccccc21. The van der Waals surface area contributed by atoms with Crippen molar-refractivity contribution in [3.8, 4) is 5.69 Å². The van der Waals surface area contributed by atoms with Crippen LogP contribution in [0.2, 0.25) is 0 Å². The Kier molecular flexibility index (Phi) is 5.12. The maximum Gasteiger partial charge on any atom is 0.361 e. The van der Waals surface area contributed by atoms with E-state index in [1.54, 1.807) is 18.7 Å². The van der Waals surface area contributed by atoms with Crippen LogP contribution in [0.5, 0.6) is 0 Å². The minimum absolute atomic E-state index is 0.104. The third kappa shape index (κ3) is 3.76. The van der Waals surface area contributed by atoms with E-state index in [4.69, 9.17) is 4.74 Å². The number of amides is 1. The van der Waals surface area contributed by atoms with Crippen LogP contribution in [-0.2, 0) is 16.0 Å². The highest BCUT2D eigenvalue weighted by atomic mass is 16.5. The molecule has 0 N–H and O–H groups in total. The number of hydrogen-bond donors (Lipinski definition) is 0. The zero-order valence-corrected chi connectivity index (χ0v) is 16.4. The summed E-state index contributed by atoms with van der Waals surface area (Å²) in [4.78, 5) is 28.7. The Balaban J connectivity index is 1.49. The van der Waals surface area contributed by atoms with Crippen LogP contribution in [0.15, 0.2) is 54.6 Å². The molecule has 1 aliphatic rings. The molecule has 0 fully saturated rings. The number of fused-ring (bicyclic) bond motifs is 1. The fraction of sp³-hybridized carbons (Fsp3) is 0.273. The minimum atomic E-state index is -0.921. The average Bonchev–Trinajstić information content (AvgIpc) is 3.15. The van der Waals surface area contributed by atoms with E-state index in [0.717, 1.165) is 29.8 Å². The van der Waals surface area contributed by atoms with Crippen molar-refractivity contribution in [2.24, 2.45) is 0 Å². The Morgan fingerprint density at radius 2 is 1.76 bits per heavy atom. The molecule has 7 nitrogen and oxygen atoms in total. The lowest BCUT2D eigenvalue weighted by Gasteiger charge is -2.31. The van der Waals surface area contributed by atoms with Crippen LogP contribution >= 0.6 is 0 Å². The number of rotatable bonds is 4. The van der Waals surface area contributed by atoms with E-state index in [1.807, 2.05) is 54.6 Å². The Bertz CT molecular complexity index is 1050. The smallest absolute Gasteiger partial charge is 0.361 e. The predicted molar refractivity (Wildman–Crippen MR) is 108 cm³/mol. The number of para-hydroxylation sites is 2. The standard InChI is InChI=1S/C22H22N4O3/c1-15-20(24-26(23-15)18-11-4-3-5-12-18)22(28)29-16(2)21(27)25-14-8-10-17-9-6-7-13-19(17)25/h3-7,9,11-13,16H,8,10,14H2,1-2H3. The number of carbonyl (C=O) groups is 2. The van der Waals surface area contributed by atoms with E-state index >= 15 is 0 Å². The lowest BCUT2D eigenvalue weighted by molar-refractivity contribution is -0.126. The molecule has 1 unspecified atom stereocenters. The van der Waals surface area contributed by atoms with Gasteiger partial charge in [-0.1, -0.05) is 36.4 Å². The average molecular weight is 390 g/mol. The molecule has 0 bridgehead atoms. The van der Waals surface area contributed by atoms with Crippen molar-refractivity contribution in [3.05, 3.63) is 71.5 Å². The normalized spacial score (nSPS) is 14.2. The summed E-state index contributed by atoms with van der Waals surface area (Å²) in [5.74, 6) is -0.894. The summed E-state index contributed by atoms with van der Waals surface area (Å²) in [6.45, 7) is 3.89. The number of nitrogens with zero attached hydrogens (tertiary/aromatic N) is 4. The van der Waals surface area contributed by atoms with Gasteiger partial charge in [-0.15, -0.1) is 5.10 Å². The number of benzene rings is 2. The van der Waals surface area contributed by atoms with Crippen molar-refractivity contribution in [1.29, 1.82) is 0 Å². The molecule has 1 amide bonds. The Morgan fingerprint density at radius 3 is 2.55 bits per heavy atom. The number of esters is 1. The second kappa shape index (κ2) is 7.87. The molecule has 0 saturated heterocycles. The highest BCUT2D eigenvalue weighted by Gasteiger charge is 2.30. The van der Waals surface area contributed by atoms with Gasteiger partial charge >= 0.3 is 5.97 Å². The second-order valence-electron chi connectivity index (χ2n) is 7.03. The van der Waals surface area contributed by atoms with Gasteiger partial charge in [-0.3, -0.25) is 4.79 Å². The van der Waals surface area contributed by atoms with Crippen LogP contribution in [0.1, 0.15) is 35.1 Å². The van der Waals surface area contributed by atoms with Crippen molar-refractivity contribution in [2.75, 3.05) is 11.4 Å². The molecule has 0 saturated carbocycles. The van der Waals surface area contributed by atoms with Gasteiger partial charge in [0, 0.05) is 12.2 Å². The third-order valence-corrected chi connectivity index (χ3v) is 4.97. The number of ether oxygens (including phenoxy) is 1. The van der Waals surface area contributed by atoms with E-state index in [1.165, 1.54) is 4.80 Å². The van der Waals surface area contributed by atoms with Crippen molar-refractivity contribution in [3.63, 3.8) is 0 Å². The van der Waals surface area contributed by atoms with Crippen LogP contribution in [-0.4, -0.2) is 39.5 Å². The number of hydrogen-bond acceptors (Lipinski definition) is 5. The van der Waals surface area contributed by atoms with Gasteiger partial charge in [-0.2, -0.15) is 9.90 Å². The lowest BCUT2D eigenvalue weighted by atomic mass is 10.0. The first-order valence-corrected chi connectivity index (χ1v) is 9.64. The van der Waals surface area contributed by atoms with E-state index < -0.39 is 12.1 Å². The molecule has 3 aromatic rings. The lowest BCUT2D eigenvalue weighted by Crippen LogP contribution is -2.42. The molecule has 1 atom stereocenters. The largest absolute Gasteiger partial charge is 0.448 e. The molecule has 148 valence electrons. The Hall–Kier alpha value is -3.48. The molecule has 7 heteroatoms. The quantitative estimate of drug-likeness (QED) is 0.640. The topological polar surface area (TPSA) is 77.3 Å². The molecule has 1 aliphatic heterocycles. The van der Waals surface area contributed by atoms with Crippen LogP contribution in [0, 0.1) is 6.92 Å². The summed E-state index contributed by atoms with van der Waals surface area (Å²) in [6.07, 6.45) is 0.902. The summed E-state index contributed by atoms with van der Waals surface area (Å²) in [5, 5.41) is 8.53. The van der Waals surface area contributed by atoms with Gasteiger partial charge in [0.1, 0.15) is 0 Å². The molecule has 1 aromatic heterocycles. The zero-order valence-electron chi connectivity index (χ0n) is 16.4. The summed E-state index contributed by atoms with van der Waals surface area (Å²) >= 11 is 0. The highest BCUT2D eigenvalue weighted by molar-refractivity contribution is 5.99. The summed E-state index contributed by atoms with van der Waals surface area (Å²) in [6, 6.07) is 17.1. The maximum atomic E-state index is 12.9. The number of anilines is 1. The molecule has 29 heavy (non-hydrogen) atoms. The first kappa shape index (κ1) is 18.9. The molecular weight excluding hydrogens is 368 g/mol. The molecule has 2 aromatic carbocycles. The number of carbonyl (C=O) groups excluding carboxylic acids is 2. The molecule has 2 heterocycles. The van der Waals surface area contributed by atoms with Crippen molar-refractivity contribution < 1.29 is 14.3 Å². The van der Waals surface area contributed by atoms with E-state index in [9.17, 15) is 9.59 Å². The monoisotopic (exact) mass is 390 g/mol. The van der Waals surface area contributed by atoms with Crippen molar-refractivity contribution in [1.82, 2.24) is 15.0 Å². The Morgan fingerprint density at radius 1 is 1.03 bits per heavy atom. The maximum absolute atomic E-state index is 12.9. The second-order valence-corrected chi connectivity index (χ2v) is 7.03. The highest BCUT2D eigenvalue weighted by Crippen LogP contribution is 2.27. The third-order valence-electron chi connectivity index (χ3n) is 4.97. The molecular formula is C22H22N4O3. The molecule has 4 rings (SSSR count). The number of aromatic nitrogens is 3. The fourth-order valence-electron chi connectivity index (χ4n) is 3.49. The van der Waals surface area contributed by atoms with Crippen LogP contribution in [0.4, 0.5) is 5.69 Å². The van der Waals surface area contributed by atoms with Gasteiger partial charge in [-0.05, 0) is 50.5 Å². The minimum Gasteiger partial charge on any atom is -0.448 e. The van der Waals surface area contributed by atoms with Gasteiger partial charge in [0.2, 0.25) is 0 Å². The van der Waals surface area contributed by atoms with Crippen molar-refractivity contribution in [2.45, 2.75) is 32.8 Å². The first-order valence-electron chi connectivity index (χ1n) is 9.64. The van der Waals surface area contributed by atoms with Gasteiger partial charge in [-0.25, -0.2) is 4.79 Å². The zero-order chi connectivity index (χ0) is 20.4. The first-order chi connectivity index (χ1) is 14.0.